The topological polar surface area (TPSA) is 118 Å². The van der Waals surface area contributed by atoms with E-state index in [-0.39, 0.29) is 32.0 Å². The number of ether oxygens (including phenoxy) is 4. The molecule has 2 saturated heterocycles. The Morgan fingerprint density at radius 2 is 1.57 bits per heavy atom. The van der Waals surface area contributed by atoms with E-state index in [0.29, 0.717) is 6.61 Å². The molecule has 2 heterocycles. The van der Waals surface area contributed by atoms with E-state index >= 15 is 0 Å². The van der Waals surface area contributed by atoms with Crippen molar-refractivity contribution >= 4 is 0 Å². The van der Waals surface area contributed by atoms with Crippen molar-refractivity contribution < 1.29 is 39.4 Å². The summed E-state index contributed by atoms with van der Waals surface area (Å²) in [6.07, 6.45) is -4.71. The van der Waals surface area contributed by atoms with Gasteiger partial charge < -0.3 is 39.4 Å². The summed E-state index contributed by atoms with van der Waals surface area (Å²) in [6.45, 7) is 3.85. The number of aliphatic hydroxyl groups excluding tert-OH is 4. The van der Waals surface area contributed by atoms with Gasteiger partial charge in [0.1, 0.15) is 12.2 Å². The van der Waals surface area contributed by atoms with Crippen LogP contribution in [0.1, 0.15) is 26.7 Å². The Morgan fingerprint density at radius 1 is 0.957 bits per heavy atom. The van der Waals surface area contributed by atoms with E-state index in [1.54, 1.807) is 6.92 Å². The normalized spacial score (nSPS) is 45.1. The number of aliphatic hydroxyl groups is 4. The Morgan fingerprint density at radius 3 is 2.22 bits per heavy atom. The van der Waals surface area contributed by atoms with Crippen molar-refractivity contribution in [2.45, 2.75) is 69.8 Å². The van der Waals surface area contributed by atoms with Crippen molar-refractivity contribution in [3.05, 3.63) is 0 Å². The van der Waals surface area contributed by atoms with Crippen LogP contribution in [0.15, 0.2) is 0 Å². The van der Waals surface area contributed by atoms with Gasteiger partial charge in [-0.25, -0.2) is 0 Å². The number of hydrogen-bond donors (Lipinski definition) is 4. The Bertz CT molecular complexity index is 354. The minimum Gasteiger partial charge on any atom is -0.394 e. The van der Waals surface area contributed by atoms with Gasteiger partial charge in [-0.2, -0.15) is 0 Å². The van der Waals surface area contributed by atoms with Crippen LogP contribution in [0.25, 0.3) is 0 Å². The molecule has 4 N–H and O–H groups in total. The third-order valence-electron chi connectivity index (χ3n) is 4.47. The first-order valence-corrected chi connectivity index (χ1v) is 8.15. The summed E-state index contributed by atoms with van der Waals surface area (Å²) in [5.74, 6) is -0.180. The van der Waals surface area contributed by atoms with E-state index in [0.717, 1.165) is 0 Å². The van der Waals surface area contributed by atoms with Gasteiger partial charge in [-0.05, 0) is 6.92 Å². The summed E-state index contributed by atoms with van der Waals surface area (Å²) >= 11 is 0. The lowest BCUT2D eigenvalue weighted by molar-refractivity contribution is -0.286. The monoisotopic (exact) mass is 336 g/mol. The van der Waals surface area contributed by atoms with Crippen LogP contribution >= 0.6 is 0 Å². The van der Waals surface area contributed by atoms with Gasteiger partial charge in [0.2, 0.25) is 0 Å². The molecule has 0 aromatic carbocycles. The van der Waals surface area contributed by atoms with Crippen LogP contribution in [0.3, 0.4) is 0 Å². The van der Waals surface area contributed by atoms with Crippen molar-refractivity contribution in [1.29, 1.82) is 0 Å². The summed E-state index contributed by atoms with van der Waals surface area (Å²) in [6, 6.07) is 0. The van der Waals surface area contributed by atoms with E-state index in [1.807, 2.05) is 6.92 Å². The van der Waals surface area contributed by atoms with E-state index < -0.39 is 43.1 Å². The van der Waals surface area contributed by atoms with Crippen LogP contribution < -0.4 is 0 Å². The first-order chi connectivity index (χ1) is 11.0. The molecule has 0 spiro atoms. The van der Waals surface area contributed by atoms with Crippen molar-refractivity contribution in [3.8, 4) is 0 Å². The molecule has 0 amide bonds. The molecular weight excluding hydrogens is 308 g/mol. The van der Waals surface area contributed by atoms with E-state index in [2.05, 4.69) is 0 Å². The molecule has 136 valence electrons. The van der Waals surface area contributed by atoms with Gasteiger partial charge in [0, 0.05) is 25.4 Å². The highest BCUT2D eigenvalue weighted by molar-refractivity contribution is 4.84. The molecule has 0 bridgehead atoms. The lowest BCUT2D eigenvalue weighted by atomic mass is 9.93. The molecule has 23 heavy (non-hydrogen) atoms. The zero-order valence-electron chi connectivity index (χ0n) is 13.6. The van der Waals surface area contributed by atoms with Gasteiger partial charge in [0.15, 0.2) is 12.6 Å². The molecule has 8 heteroatoms. The Hall–Kier alpha value is -0.320. The molecule has 0 aromatic heterocycles. The second-order valence-corrected chi connectivity index (χ2v) is 6.14. The van der Waals surface area contributed by atoms with Crippen molar-refractivity contribution in [1.82, 2.24) is 0 Å². The Balaban J connectivity index is 1.86. The summed E-state index contributed by atoms with van der Waals surface area (Å²) in [4.78, 5) is 0. The minimum atomic E-state index is -1.08. The summed E-state index contributed by atoms with van der Waals surface area (Å²) < 4.78 is 22.1. The molecule has 2 aliphatic heterocycles. The van der Waals surface area contributed by atoms with Crippen molar-refractivity contribution in [2.75, 3.05) is 19.8 Å². The fourth-order valence-corrected chi connectivity index (χ4v) is 2.90. The largest absolute Gasteiger partial charge is 0.394 e. The average Bonchev–Trinajstić information content (AvgIpc) is 2.52. The van der Waals surface area contributed by atoms with Crippen LogP contribution in [0.4, 0.5) is 0 Å². The Labute approximate surface area is 135 Å². The molecule has 6 unspecified atom stereocenters. The van der Waals surface area contributed by atoms with E-state index in [4.69, 9.17) is 18.9 Å². The predicted octanol–water partition coefficient (Wildman–Crippen LogP) is -1.02. The summed E-state index contributed by atoms with van der Waals surface area (Å²) in [7, 11) is 0. The average molecular weight is 336 g/mol. The SMILES string of the molecule is CCO[C@@H]1CC(O)[C@H](O)C(COC2CC(O)C(C)C(CO)O2)O1. The second kappa shape index (κ2) is 8.68. The van der Waals surface area contributed by atoms with Gasteiger partial charge in [-0.1, -0.05) is 6.92 Å². The van der Waals surface area contributed by atoms with Gasteiger partial charge in [-0.3, -0.25) is 0 Å². The molecule has 2 aliphatic rings. The third kappa shape index (κ3) is 4.83. The molecule has 2 rings (SSSR count). The lowest BCUT2D eigenvalue weighted by Gasteiger charge is -2.40. The maximum Gasteiger partial charge on any atom is 0.160 e. The van der Waals surface area contributed by atoms with Crippen LogP contribution in [0.2, 0.25) is 0 Å². The highest BCUT2D eigenvalue weighted by Gasteiger charge is 2.39. The maximum atomic E-state index is 10.0. The molecule has 0 aliphatic carbocycles. The fraction of sp³-hybridized carbons (Fsp3) is 1.00. The summed E-state index contributed by atoms with van der Waals surface area (Å²) in [5, 5.41) is 39.1. The van der Waals surface area contributed by atoms with E-state index in [1.165, 1.54) is 0 Å². The first-order valence-electron chi connectivity index (χ1n) is 8.15. The minimum absolute atomic E-state index is 0.00822. The zero-order valence-corrected chi connectivity index (χ0v) is 13.6. The molecule has 2 fully saturated rings. The lowest BCUT2D eigenvalue weighted by Crippen LogP contribution is -2.52. The molecule has 8 nitrogen and oxygen atoms in total. The van der Waals surface area contributed by atoms with E-state index in [9.17, 15) is 20.4 Å². The van der Waals surface area contributed by atoms with Gasteiger partial charge >= 0.3 is 0 Å². The highest BCUT2D eigenvalue weighted by Crippen LogP contribution is 2.27. The van der Waals surface area contributed by atoms with Crippen LogP contribution in [-0.4, -0.2) is 83.3 Å². The standard InChI is InChI=1S/C15H28O8/c1-3-20-13-5-10(18)15(19)12(23-13)7-21-14-4-9(17)8(2)11(6-16)22-14/h8-19H,3-7H2,1-2H3/t8?,9?,10?,11?,12?,13-,14?,15-/m0/s1. The molecule has 8 atom stereocenters. The van der Waals surface area contributed by atoms with Gasteiger partial charge in [-0.15, -0.1) is 0 Å². The molecule has 0 aromatic rings. The van der Waals surface area contributed by atoms with Crippen molar-refractivity contribution in [3.63, 3.8) is 0 Å². The zero-order chi connectivity index (χ0) is 17.0. The summed E-state index contributed by atoms with van der Waals surface area (Å²) in [5.41, 5.74) is 0. The van der Waals surface area contributed by atoms with Crippen LogP contribution in [0.5, 0.6) is 0 Å². The second-order valence-electron chi connectivity index (χ2n) is 6.14. The molecule has 0 radical (unpaired) electrons. The third-order valence-corrected chi connectivity index (χ3v) is 4.47. The Kier molecular flexibility index (Phi) is 7.18. The highest BCUT2D eigenvalue weighted by atomic mass is 16.7. The van der Waals surface area contributed by atoms with Crippen LogP contribution in [-0.2, 0) is 18.9 Å². The first kappa shape index (κ1) is 19.0. The fourth-order valence-electron chi connectivity index (χ4n) is 2.90. The predicted molar refractivity (Wildman–Crippen MR) is 78.4 cm³/mol. The van der Waals surface area contributed by atoms with Crippen LogP contribution in [0, 0.1) is 5.92 Å². The number of hydrogen-bond acceptors (Lipinski definition) is 8. The molecule has 0 saturated carbocycles. The van der Waals surface area contributed by atoms with Crippen molar-refractivity contribution in [2.24, 2.45) is 5.92 Å². The molecular formula is C15H28O8. The smallest absolute Gasteiger partial charge is 0.160 e. The quantitative estimate of drug-likeness (QED) is 0.487. The maximum absolute atomic E-state index is 10.0. The van der Waals surface area contributed by atoms with Gasteiger partial charge in [0.05, 0.1) is 31.5 Å². The van der Waals surface area contributed by atoms with Gasteiger partial charge in [0.25, 0.3) is 0 Å². The number of rotatable bonds is 6.